The van der Waals surface area contributed by atoms with Crippen LogP contribution in [0.1, 0.15) is 22.3 Å². The number of rotatable bonds is 9. The maximum Gasteiger partial charge on any atom is 0.0714 e. The third-order valence-electron chi connectivity index (χ3n) is 15.3. The first kappa shape index (κ1) is 42.4. The largest absolute Gasteiger partial charge is 0.309 e. The van der Waals surface area contributed by atoms with Crippen molar-refractivity contribution in [1.82, 2.24) is 4.57 Å². The molecule has 1 aliphatic carbocycles. The van der Waals surface area contributed by atoms with Gasteiger partial charge in [0.05, 0.1) is 22.1 Å². The summed E-state index contributed by atoms with van der Waals surface area (Å²) < 4.78 is 2.44. The van der Waals surface area contributed by atoms with Crippen LogP contribution in [0.15, 0.2) is 291 Å². The molecule has 14 rings (SSSR count). The van der Waals surface area contributed by atoms with Gasteiger partial charge in [-0.15, -0.1) is 0 Å². The number of fused-ring (bicyclic) bond motifs is 7. The number of benzene rings is 12. The minimum Gasteiger partial charge on any atom is -0.309 e. The first-order valence-corrected chi connectivity index (χ1v) is 25.3. The summed E-state index contributed by atoms with van der Waals surface area (Å²) in [6.45, 7) is 0. The van der Waals surface area contributed by atoms with Crippen LogP contribution in [0.25, 0.3) is 82.8 Å². The van der Waals surface area contributed by atoms with Gasteiger partial charge in [-0.05, 0) is 121 Å². The second-order valence-corrected chi connectivity index (χ2v) is 19.2. The van der Waals surface area contributed by atoms with Gasteiger partial charge >= 0.3 is 0 Å². The van der Waals surface area contributed by atoms with Crippen molar-refractivity contribution < 1.29 is 0 Å². The normalized spacial score (nSPS) is 13.8. The van der Waals surface area contributed by atoms with Crippen LogP contribution in [0, 0.1) is 0 Å². The minimum atomic E-state index is -0.649. The Morgan fingerprint density at radius 2 is 0.877 bits per heavy atom. The number of para-hydroxylation sites is 4. The molecule has 0 fully saturated rings. The number of nitrogens with zero attached hydrogens (tertiary/aromatic N) is 2. The smallest absolute Gasteiger partial charge is 0.0714 e. The van der Waals surface area contributed by atoms with Gasteiger partial charge in [0.2, 0.25) is 0 Å². The number of hydrogen-bond donors (Lipinski definition) is 0. The number of aromatic nitrogens is 1. The number of hydrogen-bond acceptors (Lipinski definition) is 1. The van der Waals surface area contributed by atoms with E-state index in [4.69, 9.17) is 0 Å². The highest BCUT2D eigenvalue weighted by Gasteiger charge is 2.47. The van der Waals surface area contributed by atoms with Crippen molar-refractivity contribution in [2.45, 2.75) is 5.41 Å². The molecule has 0 radical (unpaired) electrons. The molecule has 0 saturated carbocycles. The summed E-state index contributed by atoms with van der Waals surface area (Å²) in [6.07, 6.45) is 0. The van der Waals surface area contributed by atoms with E-state index in [9.17, 15) is 0 Å². The molecule has 73 heavy (non-hydrogen) atoms. The molecule has 13 aromatic rings. The Labute approximate surface area is 426 Å². The van der Waals surface area contributed by atoms with Gasteiger partial charge < -0.3 is 9.47 Å². The monoisotopic (exact) mass is 928 g/mol. The van der Waals surface area contributed by atoms with Gasteiger partial charge in [-0.25, -0.2) is 0 Å². The zero-order valence-electron chi connectivity index (χ0n) is 40.1. The van der Waals surface area contributed by atoms with Gasteiger partial charge in [0.15, 0.2) is 0 Å². The molecule has 1 heterocycles. The van der Waals surface area contributed by atoms with Gasteiger partial charge in [-0.1, -0.05) is 237 Å². The summed E-state index contributed by atoms with van der Waals surface area (Å²) in [7, 11) is 0. The van der Waals surface area contributed by atoms with Crippen LogP contribution in [0.4, 0.5) is 17.1 Å². The van der Waals surface area contributed by atoms with Crippen LogP contribution >= 0.6 is 0 Å². The Balaban J connectivity index is 1.03. The van der Waals surface area contributed by atoms with Crippen LogP contribution in [0.2, 0.25) is 0 Å². The summed E-state index contributed by atoms with van der Waals surface area (Å²) in [6, 6.07) is 107. The third kappa shape index (κ3) is 6.79. The Morgan fingerprint density at radius 1 is 0.301 bits per heavy atom. The average Bonchev–Trinajstić information content (AvgIpc) is 3.97. The Kier molecular flexibility index (Phi) is 10.1. The second-order valence-electron chi connectivity index (χ2n) is 19.2. The molecule has 0 amide bonds. The van der Waals surface area contributed by atoms with Crippen molar-refractivity contribution in [2.24, 2.45) is 0 Å². The average molecular weight is 929 g/mol. The fourth-order valence-electron chi connectivity index (χ4n) is 12.1. The van der Waals surface area contributed by atoms with Gasteiger partial charge in [-0.2, -0.15) is 0 Å². The van der Waals surface area contributed by atoms with Gasteiger partial charge in [-0.3, -0.25) is 0 Å². The van der Waals surface area contributed by atoms with E-state index in [1.165, 1.54) is 82.6 Å². The van der Waals surface area contributed by atoms with Crippen molar-refractivity contribution in [1.29, 1.82) is 0 Å². The van der Waals surface area contributed by atoms with Crippen molar-refractivity contribution in [3.63, 3.8) is 0 Å². The fraction of sp³-hybridized carbons (Fsp3) is 0.0141. The first-order chi connectivity index (χ1) is 36.2. The van der Waals surface area contributed by atoms with Crippen molar-refractivity contribution in [3.05, 3.63) is 313 Å². The zero-order chi connectivity index (χ0) is 48.3. The lowest BCUT2D eigenvalue weighted by Crippen LogP contribution is -2.28. The van der Waals surface area contributed by atoms with Crippen LogP contribution in [0.5, 0.6) is 0 Å². The van der Waals surface area contributed by atoms with E-state index in [-0.39, 0.29) is 0 Å². The summed E-state index contributed by atoms with van der Waals surface area (Å²) in [5, 5.41) is 4.96. The molecule has 0 saturated heterocycles. The van der Waals surface area contributed by atoms with E-state index in [1.54, 1.807) is 0 Å². The SMILES string of the molecule is c1ccc(-c2cccc(-c3cccc4c3-c3ccccc3C4(c3ccccc3)c3ccc4c5ccccc5n(-c5ccccc5)c4c3)c2N(c2ccccc2)c2ccc(-c3ccc4ccccc4c3)cc2)cc1. The number of anilines is 3. The Morgan fingerprint density at radius 3 is 1.68 bits per heavy atom. The summed E-state index contributed by atoms with van der Waals surface area (Å²) in [4.78, 5) is 2.48. The van der Waals surface area contributed by atoms with Gasteiger partial charge in [0.1, 0.15) is 0 Å². The molecule has 1 aromatic heterocycles. The molecule has 0 aliphatic heterocycles. The standard InChI is InChI=1S/C71H48N2/c1-5-22-51(23-6-1)59-33-19-35-63(70(59)72(56-27-9-3-10-28-56)58-44-41-50(42-45-58)53-40-39-49-21-13-14-24-52(49)47-53)62-34-20-37-66-69(62)64-32-15-17-36-65(64)71(66,54-25-7-2-8-26-54)55-43-46-61-60-31-16-18-38-67(60)73(68(61)48-55)57-29-11-4-12-30-57/h1-48H. The zero-order valence-corrected chi connectivity index (χ0v) is 40.1. The Hall–Kier alpha value is -9.50. The lowest BCUT2D eigenvalue weighted by molar-refractivity contribution is 0.769. The van der Waals surface area contributed by atoms with E-state index in [2.05, 4.69) is 301 Å². The highest BCUT2D eigenvalue weighted by Crippen LogP contribution is 2.60. The summed E-state index contributed by atoms with van der Waals surface area (Å²) >= 11 is 0. The molecular formula is C71H48N2. The van der Waals surface area contributed by atoms with Crippen LogP contribution in [0.3, 0.4) is 0 Å². The van der Waals surface area contributed by atoms with E-state index in [0.717, 1.165) is 39.4 Å². The molecule has 0 bridgehead atoms. The molecule has 2 nitrogen and oxygen atoms in total. The molecule has 1 aliphatic rings. The predicted molar refractivity (Wildman–Crippen MR) is 307 cm³/mol. The first-order valence-electron chi connectivity index (χ1n) is 25.3. The summed E-state index contributed by atoms with van der Waals surface area (Å²) in [5.74, 6) is 0. The topological polar surface area (TPSA) is 8.17 Å². The molecular weight excluding hydrogens is 881 g/mol. The second kappa shape index (κ2) is 17.4. The van der Waals surface area contributed by atoms with Crippen molar-refractivity contribution >= 4 is 49.6 Å². The molecule has 342 valence electrons. The van der Waals surface area contributed by atoms with Crippen LogP contribution < -0.4 is 4.90 Å². The molecule has 0 spiro atoms. The van der Waals surface area contributed by atoms with Crippen molar-refractivity contribution in [2.75, 3.05) is 4.90 Å². The van der Waals surface area contributed by atoms with E-state index < -0.39 is 5.41 Å². The van der Waals surface area contributed by atoms with E-state index >= 15 is 0 Å². The van der Waals surface area contributed by atoms with Crippen molar-refractivity contribution in [3.8, 4) is 50.2 Å². The quantitative estimate of drug-likeness (QED) is 0.140. The van der Waals surface area contributed by atoms with Crippen LogP contribution in [-0.2, 0) is 5.41 Å². The maximum atomic E-state index is 2.48. The van der Waals surface area contributed by atoms with Gasteiger partial charge in [0.25, 0.3) is 0 Å². The molecule has 2 heteroatoms. The van der Waals surface area contributed by atoms with Gasteiger partial charge in [0, 0.05) is 39.0 Å². The molecule has 0 N–H and O–H groups in total. The predicted octanol–water partition coefficient (Wildman–Crippen LogP) is 18.8. The third-order valence-corrected chi connectivity index (χ3v) is 15.3. The minimum absolute atomic E-state index is 0.649. The fourth-order valence-corrected chi connectivity index (χ4v) is 12.1. The Bertz CT molecular complexity index is 4180. The summed E-state index contributed by atoms with van der Waals surface area (Å²) in [5.41, 5.74) is 20.7. The molecule has 12 aromatic carbocycles. The lowest BCUT2D eigenvalue weighted by Gasteiger charge is -2.34. The van der Waals surface area contributed by atoms with E-state index in [1.807, 2.05) is 0 Å². The highest BCUT2D eigenvalue weighted by atomic mass is 15.1. The molecule has 1 atom stereocenters. The highest BCUT2D eigenvalue weighted by molar-refractivity contribution is 6.10. The van der Waals surface area contributed by atoms with Crippen LogP contribution in [-0.4, -0.2) is 4.57 Å². The van der Waals surface area contributed by atoms with E-state index in [0.29, 0.717) is 0 Å². The molecule has 1 unspecified atom stereocenters. The maximum absolute atomic E-state index is 2.48. The lowest BCUT2D eigenvalue weighted by atomic mass is 9.67.